The zero-order chi connectivity index (χ0) is 12.9. The molecule has 2 bridgehead atoms. The Bertz CT molecular complexity index is 490. The third kappa shape index (κ3) is 1.95. The van der Waals surface area contributed by atoms with E-state index >= 15 is 0 Å². The van der Waals surface area contributed by atoms with Gasteiger partial charge < -0.3 is 19.9 Å². The summed E-state index contributed by atoms with van der Waals surface area (Å²) < 4.78 is 11.1. The maximum Gasteiger partial charge on any atom is 0.122 e. The maximum atomic E-state index is 11.0. The maximum absolute atomic E-state index is 11.0. The predicted octanol–water partition coefficient (Wildman–Crippen LogP) is 0.960. The Morgan fingerprint density at radius 2 is 2.00 bits per heavy atom. The molecular formula is C15H19NO3. The summed E-state index contributed by atoms with van der Waals surface area (Å²) in [6, 6.07) is 6.68. The van der Waals surface area contributed by atoms with Gasteiger partial charge in [-0.2, -0.15) is 0 Å². The highest BCUT2D eigenvalue weighted by atomic mass is 16.5. The highest BCUT2D eigenvalue weighted by Gasteiger charge is 2.42. The van der Waals surface area contributed by atoms with Gasteiger partial charge in [0.25, 0.3) is 0 Å². The van der Waals surface area contributed by atoms with E-state index in [1.54, 1.807) is 0 Å². The van der Waals surface area contributed by atoms with Crippen LogP contribution in [0.1, 0.15) is 24.0 Å². The molecule has 0 radical (unpaired) electrons. The number of nitrogens with one attached hydrogen (secondary N) is 1. The SMILES string of the molecule is OC1(c2ccc3c(c2)CCO3)CC2COCC(C1)N2. The van der Waals surface area contributed by atoms with Crippen molar-refractivity contribution in [3.8, 4) is 5.75 Å². The van der Waals surface area contributed by atoms with Crippen molar-refractivity contribution in [2.75, 3.05) is 19.8 Å². The topological polar surface area (TPSA) is 50.7 Å². The van der Waals surface area contributed by atoms with E-state index in [1.807, 2.05) is 12.1 Å². The number of rotatable bonds is 1. The van der Waals surface area contributed by atoms with Gasteiger partial charge in [0.15, 0.2) is 0 Å². The first-order valence-corrected chi connectivity index (χ1v) is 7.05. The van der Waals surface area contributed by atoms with Gasteiger partial charge in [-0.15, -0.1) is 0 Å². The van der Waals surface area contributed by atoms with Crippen LogP contribution in [-0.2, 0) is 16.8 Å². The third-order valence-corrected chi connectivity index (χ3v) is 4.50. The van der Waals surface area contributed by atoms with Crippen molar-refractivity contribution in [1.82, 2.24) is 5.32 Å². The van der Waals surface area contributed by atoms with Crippen LogP contribution in [0.4, 0.5) is 0 Å². The predicted molar refractivity (Wildman–Crippen MR) is 70.3 cm³/mol. The van der Waals surface area contributed by atoms with Crippen LogP contribution in [0.15, 0.2) is 18.2 Å². The van der Waals surface area contributed by atoms with Gasteiger partial charge in [-0.05, 0) is 36.1 Å². The smallest absolute Gasteiger partial charge is 0.122 e. The van der Waals surface area contributed by atoms with Crippen molar-refractivity contribution >= 4 is 0 Å². The van der Waals surface area contributed by atoms with Gasteiger partial charge in [0.2, 0.25) is 0 Å². The van der Waals surface area contributed by atoms with Crippen molar-refractivity contribution < 1.29 is 14.6 Å². The van der Waals surface area contributed by atoms with Crippen molar-refractivity contribution in [2.24, 2.45) is 0 Å². The second kappa shape index (κ2) is 4.20. The molecule has 3 aliphatic rings. The Labute approximate surface area is 112 Å². The molecule has 2 fully saturated rings. The minimum absolute atomic E-state index is 0.266. The lowest BCUT2D eigenvalue weighted by Crippen LogP contribution is -2.58. The fourth-order valence-electron chi connectivity index (χ4n) is 3.63. The van der Waals surface area contributed by atoms with Crippen LogP contribution >= 0.6 is 0 Å². The van der Waals surface area contributed by atoms with Crippen molar-refractivity contribution in [3.63, 3.8) is 0 Å². The van der Waals surface area contributed by atoms with E-state index in [0.717, 1.165) is 37.2 Å². The molecule has 3 heterocycles. The lowest BCUT2D eigenvalue weighted by Gasteiger charge is -2.45. The summed E-state index contributed by atoms with van der Waals surface area (Å²) in [5, 5.41) is 14.6. The molecule has 0 aromatic heterocycles. The number of hydrogen-bond acceptors (Lipinski definition) is 4. The first kappa shape index (κ1) is 11.7. The lowest BCUT2D eigenvalue weighted by atomic mass is 9.77. The van der Waals surface area contributed by atoms with Crippen molar-refractivity contribution in [1.29, 1.82) is 0 Å². The molecule has 4 nitrogen and oxygen atoms in total. The van der Waals surface area contributed by atoms with E-state index in [0.29, 0.717) is 13.2 Å². The van der Waals surface area contributed by atoms with Gasteiger partial charge in [0.05, 0.1) is 25.4 Å². The van der Waals surface area contributed by atoms with Crippen molar-refractivity contribution in [3.05, 3.63) is 29.3 Å². The quantitative estimate of drug-likeness (QED) is 0.790. The molecule has 0 aliphatic carbocycles. The van der Waals surface area contributed by atoms with Gasteiger partial charge in [0.1, 0.15) is 5.75 Å². The van der Waals surface area contributed by atoms with Crippen LogP contribution in [0.3, 0.4) is 0 Å². The molecule has 0 saturated carbocycles. The number of fused-ring (bicyclic) bond motifs is 3. The fraction of sp³-hybridized carbons (Fsp3) is 0.600. The standard InChI is InChI=1S/C15H19NO3/c17-15(6-12-8-18-9-13(7-15)16-12)11-1-2-14-10(5-11)3-4-19-14/h1-2,5,12-13,16-17H,3-4,6-9H2. The van der Waals surface area contributed by atoms with E-state index < -0.39 is 5.60 Å². The molecule has 0 amide bonds. The molecule has 3 aliphatic heterocycles. The van der Waals surface area contributed by atoms with Gasteiger partial charge in [-0.3, -0.25) is 0 Å². The molecule has 2 unspecified atom stereocenters. The largest absolute Gasteiger partial charge is 0.493 e. The zero-order valence-corrected chi connectivity index (χ0v) is 10.9. The Balaban J connectivity index is 1.67. The van der Waals surface area contributed by atoms with E-state index in [4.69, 9.17) is 9.47 Å². The molecular weight excluding hydrogens is 242 g/mol. The number of benzene rings is 1. The monoisotopic (exact) mass is 261 g/mol. The van der Waals surface area contributed by atoms with Crippen LogP contribution in [0.5, 0.6) is 5.75 Å². The molecule has 19 heavy (non-hydrogen) atoms. The molecule has 2 atom stereocenters. The Morgan fingerprint density at radius 1 is 1.21 bits per heavy atom. The second-order valence-electron chi connectivity index (χ2n) is 5.96. The molecule has 2 saturated heterocycles. The highest BCUT2D eigenvalue weighted by Crippen LogP contribution is 2.39. The summed E-state index contributed by atoms with van der Waals surface area (Å²) >= 11 is 0. The third-order valence-electron chi connectivity index (χ3n) is 4.50. The Hall–Kier alpha value is -1.10. The first-order valence-electron chi connectivity index (χ1n) is 7.05. The Kier molecular flexibility index (Phi) is 2.59. The first-order chi connectivity index (χ1) is 9.23. The average molecular weight is 261 g/mol. The molecule has 102 valence electrons. The zero-order valence-electron chi connectivity index (χ0n) is 10.9. The number of aliphatic hydroxyl groups is 1. The van der Waals surface area contributed by atoms with E-state index in [-0.39, 0.29) is 12.1 Å². The van der Waals surface area contributed by atoms with Crippen LogP contribution in [0.2, 0.25) is 0 Å². The summed E-state index contributed by atoms with van der Waals surface area (Å²) in [6.07, 6.45) is 2.40. The summed E-state index contributed by atoms with van der Waals surface area (Å²) in [7, 11) is 0. The van der Waals surface area contributed by atoms with Gasteiger partial charge in [-0.1, -0.05) is 6.07 Å². The molecule has 4 heteroatoms. The normalized spacial score (nSPS) is 36.7. The van der Waals surface area contributed by atoms with Crippen LogP contribution in [0, 0.1) is 0 Å². The minimum Gasteiger partial charge on any atom is -0.493 e. The highest BCUT2D eigenvalue weighted by molar-refractivity contribution is 5.42. The molecule has 0 spiro atoms. The average Bonchev–Trinajstić information content (AvgIpc) is 2.85. The van der Waals surface area contributed by atoms with Gasteiger partial charge in [0, 0.05) is 18.5 Å². The van der Waals surface area contributed by atoms with Crippen LogP contribution in [-0.4, -0.2) is 37.0 Å². The second-order valence-corrected chi connectivity index (χ2v) is 5.96. The van der Waals surface area contributed by atoms with E-state index in [2.05, 4.69) is 11.4 Å². The summed E-state index contributed by atoms with van der Waals surface area (Å²) in [6.45, 7) is 2.16. The van der Waals surface area contributed by atoms with E-state index in [1.165, 1.54) is 5.56 Å². The van der Waals surface area contributed by atoms with Crippen molar-refractivity contribution in [2.45, 2.75) is 36.9 Å². The minimum atomic E-state index is -0.720. The lowest BCUT2D eigenvalue weighted by molar-refractivity contribution is -0.0802. The number of hydrogen-bond donors (Lipinski definition) is 2. The number of piperidine rings is 1. The molecule has 1 aromatic rings. The fourth-order valence-corrected chi connectivity index (χ4v) is 3.63. The number of ether oxygens (including phenoxy) is 2. The molecule has 1 aromatic carbocycles. The summed E-state index contributed by atoms with van der Waals surface area (Å²) in [5.74, 6) is 0.977. The molecule has 2 N–H and O–H groups in total. The number of morpholine rings is 1. The Morgan fingerprint density at radius 3 is 2.79 bits per heavy atom. The molecule has 4 rings (SSSR count). The van der Waals surface area contributed by atoms with Crippen LogP contribution in [0.25, 0.3) is 0 Å². The summed E-state index contributed by atoms with van der Waals surface area (Å²) in [5.41, 5.74) is 1.54. The van der Waals surface area contributed by atoms with Gasteiger partial charge >= 0.3 is 0 Å². The van der Waals surface area contributed by atoms with Crippen LogP contribution < -0.4 is 10.1 Å². The summed E-state index contributed by atoms with van der Waals surface area (Å²) in [4.78, 5) is 0. The van der Waals surface area contributed by atoms with E-state index in [9.17, 15) is 5.11 Å². The van der Waals surface area contributed by atoms with Gasteiger partial charge in [-0.25, -0.2) is 0 Å².